The molecule has 0 atom stereocenters. The van der Waals surface area contributed by atoms with Crippen LogP contribution in [-0.4, -0.2) is 38.9 Å². The van der Waals surface area contributed by atoms with Gasteiger partial charge in [0.1, 0.15) is 5.82 Å². The van der Waals surface area contributed by atoms with E-state index in [4.69, 9.17) is 0 Å². The first-order valence-electron chi connectivity index (χ1n) is 7.74. The third kappa shape index (κ3) is 3.89. The van der Waals surface area contributed by atoms with Gasteiger partial charge in [-0.05, 0) is 23.9 Å². The zero-order valence-corrected chi connectivity index (χ0v) is 13.5. The number of benzene rings is 1. The molecule has 9 heteroatoms. The third-order valence-electron chi connectivity index (χ3n) is 3.52. The predicted octanol–water partition coefficient (Wildman–Crippen LogP) is 1.42. The van der Waals surface area contributed by atoms with Gasteiger partial charge in [0.2, 0.25) is 0 Å². The van der Waals surface area contributed by atoms with Crippen molar-refractivity contribution in [3.8, 4) is 0 Å². The van der Waals surface area contributed by atoms with Crippen LogP contribution in [0.5, 0.6) is 0 Å². The van der Waals surface area contributed by atoms with Crippen molar-refractivity contribution >= 4 is 28.5 Å². The zero-order chi connectivity index (χ0) is 17.6. The van der Waals surface area contributed by atoms with Crippen LogP contribution in [0.25, 0.3) is 10.8 Å². The second-order valence-electron chi connectivity index (χ2n) is 5.23. The number of amides is 3. The number of hydrogen-bond acceptors (Lipinski definition) is 5. The molecule has 0 saturated heterocycles. The molecule has 0 spiro atoms. The molecule has 3 amide bonds. The second-order valence-corrected chi connectivity index (χ2v) is 5.23. The second kappa shape index (κ2) is 7.39. The molecule has 1 aromatic carbocycles. The highest BCUT2D eigenvalue weighted by atomic mass is 16.2. The Kier molecular flexibility index (Phi) is 4.84. The van der Waals surface area contributed by atoms with Gasteiger partial charge in [-0.25, -0.2) is 9.78 Å². The first-order valence-corrected chi connectivity index (χ1v) is 7.74. The van der Waals surface area contributed by atoms with Crippen molar-refractivity contribution in [2.24, 2.45) is 0 Å². The molecule has 3 rings (SSSR count). The van der Waals surface area contributed by atoms with Crippen molar-refractivity contribution in [2.75, 3.05) is 11.9 Å². The summed E-state index contributed by atoms with van der Waals surface area (Å²) in [5.41, 5.74) is 1.14. The van der Waals surface area contributed by atoms with Crippen LogP contribution in [0.3, 0.4) is 0 Å². The van der Waals surface area contributed by atoms with E-state index >= 15 is 0 Å². The van der Waals surface area contributed by atoms with Crippen molar-refractivity contribution in [3.63, 3.8) is 0 Å². The molecule has 0 radical (unpaired) electrons. The van der Waals surface area contributed by atoms with Crippen molar-refractivity contribution in [3.05, 3.63) is 47.9 Å². The normalized spacial score (nSPS) is 10.4. The van der Waals surface area contributed by atoms with Crippen molar-refractivity contribution in [2.45, 2.75) is 13.5 Å². The van der Waals surface area contributed by atoms with Gasteiger partial charge in [-0.3, -0.25) is 10.1 Å². The number of carbonyl (C=O) groups is 2. The number of rotatable bonds is 5. The Hall–Kier alpha value is -3.49. The molecule has 0 aliphatic heterocycles. The number of hydrogen-bond donors (Lipinski definition) is 4. The van der Waals surface area contributed by atoms with Gasteiger partial charge in [-0.2, -0.15) is 15.4 Å². The lowest BCUT2D eigenvalue weighted by Gasteiger charge is -2.09. The number of pyridine rings is 1. The highest BCUT2D eigenvalue weighted by Gasteiger charge is 2.10. The van der Waals surface area contributed by atoms with Gasteiger partial charge < -0.3 is 10.6 Å². The van der Waals surface area contributed by atoms with E-state index in [0.29, 0.717) is 18.9 Å². The quantitative estimate of drug-likeness (QED) is 0.559. The Morgan fingerprint density at radius 3 is 2.84 bits per heavy atom. The average molecular weight is 339 g/mol. The van der Waals surface area contributed by atoms with Crippen LogP contribution in [0.4, 0.5) is 10.6 Å². The molecule has 0 aliphatic carbocycles. The summed E-state index contributed by atoms with van der Waals surface area (Å²) >= 11 is 0. The zero-order valence-electron chi connectivity index (χ0n) is 13.5. The van der Waals surface area contributed by atoms with E-state index in [1.165, 1.54) is 6.20 Å². The van der Waals surface area contributed by atoms with Crippen molar-refractivity contribution in [1.29, 1.82) is 0 Å². The molecular weight excluding hydrogens is 322 g/mol. The summed E-state index contributed by atoms with van der Waals surface area (Å²) in [6.45, 7) is 2.70. The summed E-state index contributed by atoms with van der Waals surface area (Å²) in [5, 5.41) is 19.7. The van der Waals surface area contributed by atoms with E-state index in [-0.39, 0.29) is 17.6 Å². The lowest BCUT2D eigenvalue weighted by Crippen LogP contribution is -2.28. The number of nitrogens with one attached hydrogen (secondary N) is 4. The molecule has 25 heavy (non-hydrogen) atoms. The summed E-state index contributed by atoms with van der Waals surface area (Å²) in [6.07, 6.45) is 3.04. The molecule has 0 saturated carbocycles. The van der Waals surface area contributed by atoms with E-state index in [1.807, 2.05) is 25.1 Å². The van der Waals surface area contributed by atoms with Crippen molar-refractivity contribution < 1.29 is 9.59 Å². The van der Waals surface area contributed by atoms with Crippen LogP contribution < -0.4 is 16.0 Å². The van der Waals surface area contributed by atoms with Crippen LogP contribution >= 0.6 is 0 Å². The smallest absolute Gasteiger partial charge is 0.320 e. The minimum atomic E-state index is -0.312. The van der Waals surface area contributed by atoms with Gasteiger partial charge in [0.15, 0.2) is 5.69 Å². The van der Waals surface area contributed by atoms with Crippen LogP contribution in [0.1, 0.15) is 23.0 Å². The molecule has 2 heterocycles. The Morgan fingerprint density at radius 1 is 1.20 bits per heavy atom. The minimum absolute atomic E-state index is 0.229. The summed E-state index contributed by atoms with van der Waals surface area (Å²) < 4.78 is 0. The molecule has 4 N–H and O–H groups in total. The van der Waals surface area contributed by atoms with E-state index in [0.717, 1.165) is 16.3 Å². The highest BCUT2D eigenvalue weighted by Crippen LogP contribution is 2.20. The number of H-pyrrole nitrogens is 1. The van der Waals surface area contributed by atoms with E-state index < -0.39 is 0 Å². The molecule has 9 nitrogen and oxygen atoms in total. The van der Waals surface area contributed by atoms with Gasteiger partial charge in [-0.15, -0.1) is 0 Å². The number of anilines is 1. The Morgan fingerprint density at radius 2 is 2.08 bits per heavy atom. The summed E-state index contributed by atoms with van der Waals surface area (Å²) in [4.78, 5) is 27.8. The van der Waals surface area contributed by atoms with E-state index in [9.17, 15) is 9.59 Å². The maximum atomic E-state index is 11.9. The van der Waals surface area contributed by atoms with Gasteiger partial charge in [-0.1, -0.05) is 18.2 Å². The number of urea groups is 1. The molecule has 0 aliphatic rings. The lowest BCUT2D eigenvalue weighted by atomic mass is 10.1. The maximum absolute atomic E-state index is 11.9. The van der Waals surface area contributed by atoms with E-state index in [2.05, 4.69) is 36.3 Å². The van der Waals surface area contributed by atoms with Crippen LogP contribution in [-0.2, 0) is 6.54 Å². The standard InChI is InChI=1S/C16H17N7O2/c1-2-17-16(25)21-14-6-10-4-3-5-11(12(10)8-18-14)7-19-15(24)13-9-20-23-22-13/h3-6,8-9H,2,7H2,1H3,(H,19,24)(H,20,22,23)(H2,17,18,21,25). The molecular formula is C16H17N7O2. The summed E-state index contributed by atoms with van der Waals surface area (Å²) in [5.74, 6) is 0.149. The fourth-order valence-electron chi connectivity index (χ4n) is 2.36. The minimum Gasteiger partial charge on any atom is -0.346 e. The monoisotopic (exact) mass is 339 g/mol. The summed E-state index contributed by atoms with van der Waals surface area (Å²) in [6, 6.07) is 7.20. The van der Waals surface area contributed by atoms with Crippen LogP contribution in [0.2, 0.25) is 0 Å². The largest absolute Gasteiger partial charge is 0.346 e. The number of nitrogens with zero attached hydrogens (tertiary/aromatic N) is 3. The Bertz CT molecular complexity index is 893. The van der Waals surface area contributed by atoms with Gasteiger partial charge in [0.25, 0.3) is 5.91 Å². The fourth-order valence-corrected chi connectivity index (χ4v) is 2.36. The van der Waals surface area contributed by atoms with Gasteiger partial charge in [0.05, 0.1) is 6.20 Å². The van der Waals surface area contributed by atoms with Gasteiger partial charge in [0, 0.05) is 24.7 Å². The molecule has 0 unspecified atom stereocenters. The number of fused-ring (bicyclic) bond motifs is 1. The Balaban J connectivity index is 1.75. The number of aromatic nitrogens is 4. The topological polar surface area (TPSA) is 125 Å². The SMILES string of the molecule is CCNC(=O)Nc1cc2cccc(CNC(=O)c3cn[nH]n3)c2cn1. The van der Waals surface area contributed by atoms with Gasteiger partial charge >= 0.3 is 6.03 Å². The Labute approximate surface area is 143 Å². The third-order valence-corrected chi connectivity index (χ3v) is 3.52. The van der Waals surface area contributed by atoms with Crippen LogP contribution in [0, 0.1) is 0 Å². The van der Waals surface area contributed by atoms with E-state index in [1.54, 1.807) is 12.3 Å². The molecule has 0 bridgehead atoms. The fraction of sp³-hybridized carbons (Fsp3) is 0.188. The number of aromatic amines is 1. The first-order chi connectivity index (χ1) is 12.2. The highest BCUT2D eigenvalue weighted by molar-refractivity contribution is 5.94. The molecule has 2 aromatic heterocycles. The predicted molar refractivity (Wildman–Crippen MR) is 92.0 cm³/mol. The summed E-state index contributed by atoms with van der Waals surface area (Å²) in [7, 11) is 0. The molecule has 0 fully saturated rings. The molecule has 128 valence electrons. The molecule has 3 aromatic rings. The average Bonchev–Trinajstić information content (AvgIpc) is 3.14. The van der Waals surface area contributed by atoms with Crippen LogP contribution in [0.15, 0.2) is 36.7 Å². The number of carbonyl (C=O) groups excluding carboxylic acids is 2. The van der Waals surface area contributed by atoms with Crippen molar-refractivity contribution in [1.82, 2.24) is 31.0 Å². The lowest BCUT2D eigenvalue weighted by molar-refractivity contribution is 0.0946. The maximum Gasteiger partial charge on any atom is 0.320 e. The first kappa shape index (κ1) is 16.4.